The van der Waals surface area contributed by atoms with E-state index >= 15 is 0 Å². The molecule has 1 heterocycles. The van der Waals surface area contributed by atoms with E-state index in [-0.39, 0.29) is 0 Å². The zero-order chi connectivity index (χ0) is 13.8. The molecule has 102 valence electrons. The van der Waals surface area contributed by atoms with Gasteiger partial charge in [-0.2, -0.15) is 0 Å². The molecule has 1 aliphatic heterocycles. The van der Waals surface area contributed by atoms with Crippen LogP contribution in [0.15, 0.2) is 12.1 Å². The second kappa shape index (κ2) is 5.73. The smallest absolute Gasteiger partial charge is 0.286 e. The first-order valence-corrected chi connectivity index (χ1v) is 6.21. The molecule has 0 spiro atoms. The number of ether oxygens (including phenoxy) is 2. The monoisotopic (exact) mass is 263 g/mol. The van der Waals surface area contributed by atoms with Gasteiger partial charge in [0, 0.05) is 13.6 Å². The van der Waals surface area contributed by atoms with Gasteiger partial charge >= 0.3 is 0 Å². The number of carbonyl (C=O) groups excluding carboxylic acids is 2. The van der Waals surface area contributed by atoms with Gasteiger partial charge in [0.2, 0.25) is 6.29 Å². The molecule has 5 nitrogen and oxygen atoms in total. The lowest BCUT2D eigenvalue weighted by atomic mass is 10.0. The highest BCUT2D eigenvalue weighted by atomic mass is 16.6. The minimum Gasteiger partial charge on any atom is -0.486 e. The van der Waals surface area contributed by atoms with Crippen molar-refractivity contribution in [2.24, 2.45) is 0 Å². The zero-order valence-corrected chi connectivity index (χ0v) is 11.1. The van der Waals surface area contributed by atoms with Gasteiger partial charge in [-0.1, -0.05) is 0 Å². The molecule has 5 heteroatoms. The molecule has 2 rings (SSSR count). The Balaban J connectivity index is 2.08. The molecule has 0 unspecified atom stereocenters. The summed E-state index contributed by atoms with van der Waals surface area (Å²) in [5.41, 5.74) is 2.19. The van der Waals surface area contributed by atoms with Gasteiger partial charge in [0.05, 0.1) is 0 Å². The van der Waals surface area contributed by atoms with Gasteiger partial charge in [0.15, 0.2) is 11.5 Å². The Morgan fingerprint density at radius 2 is 1.95 bits per heavy atom. The van der Waals surface area contributed by atoms with Crippen molar-refractivity contribution in [3.8, 4) is 11.5 Å². The number of aldehydes is 1. The summed E-state index contributed by atoms with van der Waals surface area (Å²) < 4.78 is 11.0. The molecule has 1 aliphatic rings. The molecule has 0 bridgehead atoms. The molecule has 0 fully saturated rings. The van der Waals surface area contributed by atoms with E-state index < -0.39 is 5.91 Å². The van der Waals surface area contributed by atoms with Crippen molar-refractivity contribution < 1.29 is 19.1 Å². The lowest BCUT2D eigenvalue weighted by Gasteiger charge is -2.21. The fourth-order valence-corrected chi connectivity index (χ4v) is 1.99. The van der Waals surface area contributed by atoms with Crippen LogP contribution >= 0.6 is 0 Å². The van der Waals surface area contributed by atoms with E-state index in [2.05, 4.69) is 0 Å². The first-order chi connectivity index (χ1) is 9.11. The standard InChI is InChI=1S/C14H17NO4/c1-10-7-12-13(19-6-5-18-12)8-11(10)3-4-15(2)14(17)9-16/h7-9H,3-6H2,1-2H3. The third-order valence-electron chi connectivity index (χ3n) is 3.19. The summed E-state index contributed by atoms with van der Waals surface area (Å²) in [5, 5.41) is 0. The van der Waals surface area contributed by atoms with Crippen LogP contribution in [0.25, 0.3) is 0 Å². The van der Waals surface area contributed by atoms with Crippen molar-refractivity contribution >= 4 is 12.2 Å². The number of fused-ring (bicyclic) bond motifs is 1. The number of aryl methyl sites for hydroxylation is 1. The number of likely N-dealkylation sites (N-methyl/N-ethyl adjacent to an activating group) is 1. The molecular weight excluding hydrogens is 246 g/mol. The number of carbonyl (C=O) groups is 2. The van der Waals surface area contributed by atoms with Crippen molar-refractivity contribution in [2.75, 3.05) is 26.8 Å². The molecule has 0 radical (unpaired) electrons. The Hall–Kier alpha value is -2.04. The van der Waals surface area contributed by atoms with Crippen LogP contribution in [0.5, 0.6) is 11.5 Å². The number of hydrogen-bond donors (Lipinski definition) is 0. The summed E-state index contributed by atoms with van der Waals surface area (Å²) in [4.78, 5) is 23.0. The van der Waals surface area contributed by atoms with Crippen LogP contribution in [0.2, 0.25) is 0 Å². The van der Waals surface area contributed by atoms with Crippen LogP contribution in [-0.2, 0) is 16.0 Å². The molecule has 0 aliphatic carbocycles. The third kappa shape index (κ3) is 3.05. The highest BCUT2D eigenvalue weighted by Crippen LogP contribution is 2.33. The van der Waals surface area contributed by atoms with E-state index in [9.17, 15) is 9.59 Å². The first kappa shape index (κ1) is 13.4. The highest BCUT2D eigenvalue weighted by molar-refractivity contribution is 6.23. The number of rotatable bonds is 4. The van der Waals surface area contributed by atoms with Gasteiger partial charge < -0.3 is 14.4 Å². The normalized spacial score (nSPS) is 12.9. The molecule has 1 aromatic carbocycles. The molecule has 19 heavy (non-hydrogen) atoms. The van der Waals surface area contributed by atoms with E-state index in [0.717, 1.165) is 22.6 Å². The SMILES string of the molecule is Cc1cc2c(cc1CCN(C)C(=O)C=O)OCCO2. The maximum Gasteiger partial charge on any atom is 0.286 e. The van der Waals surface area contributed by atoms with Gasteiger partial charge in [-0.3, -0.25) is 9.59 Å². The lowest BCUT2D eigenvalue weighted by Crippen LogP contribution is -2.29. The van der Waals surface area contributed by atoms with Crippen LogP contribution in [0.3, 0.4) is 0 Å². The van der Waals surface area contributed by atoms with Gasteiger partial charge in [0.1, 0.15) is 13.2 Å². The average molecular weight is 263 g/mol. The van der Waals surface area contributed by atoms with Crippen LogP contribution in [0.4, 0.5) is 0 Å². The molecular formula is C14H17NO4. The lowest BCUT2D eigenvalue weighted by molar-refractivity contribution is -0.137. The summed E-state index contributed by atoms with van der Waals surface area (Å²) in [6.07, 6.45) is 1.01. The fraction of sp³-hybridized carbons (Fsp3) is 0.429. The Kier molecular flexibility index (Phi) is 4.04. The largest absolute Gasteiger partial charge is 0.486 e. The van der Waals surface area contributed by atoms with Gasteiger partial charge in [-0.25, -0.2) is 0 Å². The second-order valence-electron chi connectivity index (χ2n) is 4.55. The van der Waals surface area contributed by atoms with Crippen molar-refractivity contribution in [1.82, 2.24) is 4.90 Å². The Morgan fingerprint density at radius 3 is 2.58 bits per heavy atom. The topological polar surface area (TPSA) is 55.8 Å². The Morgan fingerprint density at radius 1 is 1.32 bits per heavy atom. The minimum absolute atomic E-state index is 0.330. The minimum atomic E-state index is -0.504. The van der Waals surface area contributed by atoms with E-state index in [0.29, 0.717) is 32.5 Å². The molecule has 0 N–H and O–H groups in total. The maximum absolute atomic E-state index is 11.2. The molecule has 0 saturated carbocycles. The number of benzene rings is 1. The predicted octanol–water partition coefficient (Wildman–Crippen LogP) is 0.966. The molecule has 1 aromatic rings. The van der Waals surface area contributed by atoms with E-state index in [1.165, 1.54) is 4.90 Å². The van der Waals surface area contributed by atoms with Crippen LogP contribution in [0, 0.1) is 6.92 Å². The van der Waals surface area contributed by atoms with Gasteiger partial charge in [-0.05, 0) is 36.6 Å². The maximum atomic E-state index is 11.2. The second-order valence-corrected chi connectivity index (χ2v) is 4.55. The van der Waals surface area contributed by atoms with Crippen LogP contribution in [0.1, 0.15) is 11.1 Å². The summed E-state index contributed by atoms with van der Waals surface area (Å²) >= 11 is 0. The van der Waals surface area contributed by atoms with E-state index in [1.807, 2.05) is 19.1 Å². The highest BCUT2D eigenvalue weighted by Gasteiger charge is 2.15. The number of amides is 1. The van der Waals surface area contributed by atoms with Crippen molar-refractivity contribution in [1.29, 1.82) is 0 Å². The van der Waals surface area contributed by atoms with E-state index in [4.69, 9.17) is 9.47 Å². The number of nitrogens with zero attached hydrogens (tertiary/aromatic N) is 1. The molecule has 0 atom stereocenters. The summed E-state index contributed by atoms with van der Waals surface area (Å²) in [5.74, 6) is 1.01. The quantitative estimate of drug-likeness (QED) is 0.600. The van der Waals surface area contributed by atoms with Crippen molar-refractivity contribution in [2.45, 2.75) is 13.3 Å². The summed E-state index contributed by atoms with van der Waals surface area (Å²) in [6.45, 7) is 3.62. The van der Waals surface area contributed by atoms with Crippen LogP contribution in [-0.4, -0.2) is 43.9 Å². The average Bonchev–Trinajstić information content (AvgIpc) is 2.43. The third-order valence-corrected chi connectivity index (χ3v) is 3.19. The molecule has 1 amide bonds. The zero-order valence-electron chi connectivity index (χ0n) is 11.1. The Labute approximate surface area is 112 Å². The number of hydrogen-bond acceptors (Lipinski definition) is 4. The summed E-state index contributed by atoms with van der Waals surface area (Å²) in [7, 11) is 1.62. The fourth-order valence-electron chi connectivity index (χ4n) is 1.99. The summed E-state index contributed by atoms with van der Waals surface area (Å²) in [6, 6.07) is 3.90. The van der Waals surface area contributed by atoms with Gasteiger partial charge in [0.25, 0.3) is 5.91 Å². The van der Waals surface area contributed by atoms with Gasteiger partial charge in [-0.15, -0.1) is 0 Å². The molecule has 0 aromatic heterocycles. The van der Waals surface area contributed by atoms with Crippen molar-refractivity contribution in [3.05, 3.63) is 23.3 Å². The van der Waals surface area contributed by atoms with E-state index in [1.54, 1.807) is 7.05 Å². The van der Waals surface area contributed by atoms with Crippen molar-refractivity contribution in [3.63, 3.8) is 0 Å². The first-order valence-electron chi connectivity index (χ1n) is 6.21. The molecule has 0 saturated heterocycles. The van der Waals surface area contributed by atoms with Crippen LogP contribution < -0.4 is 9.47 Å². The predicted molar refractivity (Wildman–Crippen MR) is 69.6 cm³/mol. The Bertz CT molecular complexity index is 498.